The molecular formula is C95H144N2O34. The third-order valence-electron chi connectivity index (χ3n) is 23.9. The summed E-state index contributed by atoms with van der Waals surface area (Å²) in [6.07, 6.45) is 9.09. The first-order valence-electron chi connectivity index (χ1n) is 44.7. The van der Waals surface area contributed by atoms with E-state index in [1.54, 1.807) is 213 Å². The van der Waals surface area contributed by atoms with Gasteiger partial charge in [-0.25, -0.2) is 0 Å². The molecule has 0 aliphatic carbocycles. The van der Waals surface area contributed by atoms with E-state index in [4.69, 9.17) is 54.1 Å². The summed E-state index contributed by atoms with van der Waals surface area (Å²) in [5.41, 5.74) is 12.1. The summed E-state index contributed by atoms with van der Waals surface area (Å²) in [5, 5.41) is 204. The Hall–Kier alpha value is -7.46. The predicted molar refractivity (Wildman–Crippen MR) is 477 cm³/mol. The van der Waals surface area contributed by atoms with Crippen molar-refractivity contribution in [1.29, 1.82) is 0 Å². The number of carbonyl (C=O) groups is 6. The molecule has 6 aliphatic rings. The lowest BCUT2D eigenvalue weighted by Crippen LogP contribution is -2.61. The number of aliphatic hydroxyl groups excluding tert-OH is 16. The van der Waals surface area contributed by atoms with Crippen LogP contribution in [0.4, 0.5) is 0 Å². The highest BCUT2D eigenvalue weighted by atomic mass is 16.7. The lowest BCUT2D eigenvalue weighted by molar-refractivity contribution is -0.317. The van der Waals surface area contributed by atoms with Crippen LogP contribution in [0.2, 0.25) is 0 Å². The summed E-state index contributed by atoms with van der Waals surface area (Å²) < 4.78 is 52.3. The normalized spacial score (nSPS) is 44.1. The molecule has 36 nitrogen and oxygen atoms in total. The van der Waals surface area contributed by atoms with Crippen LogP contribution in [0, 0.1) is 35.5 Å². The molecule has 4 fully saturated rings. The molecular weight excluding hydrogens is 1710 g/mol. The molecule has 6 rings (SSSR count). The Morgan fingerprint density at radius 1 is 0.359 bits per heavy atom. The Morgan fingerprint density at radius 3 is 1.02 bits per heavy atom. The first-order chi connectivity index (χ1) is 61.8. The summed E-state index contributed by atoms with van der Waals surface area (Å²) >= 11 is 0. The summed E-state index contributed by atoms with van der Waals surface area (Å²) in [6, 6.07) is -2.28. The number of cyclic esters (lactones) is 2. The molecule has 131 heavy (non-hydrogen) atoms. The van der Waals surface area contributed by atoms with Crippen molar-refractivity contribution in [2.24, 2.45) is 47.0 Å². The van der Waals surface area contributed by atoms with E-state index in [9.17, 15) is 126 Å². The number of nitrogens with two attached hydrogens (primary N) is 2. The van der Waals surface area contributed by atoms with Crippen LogP contribution in [-0.4, -0.2) is 322 Å². The number of esters is 2. The second-order valence-electron chi connectivity index (χ2n) is 34.8. The molecule has 6 heterocycles. The molecule has 0 radical (unpaired) electrons. The second-order valence-corrected chi connectivity index (χ2v) is 34.8. The van der Waals surface area contributed by atoms with Crippen LogP contribution in [0.3, 0.4) is 0 Å². The Labute approximate surface area is 765 Å². The van der Waals surface area contributed by atoms with Gasteiger partial charge in [0.05, 0.1) is 159 Å². The van der Waals surface area contributed by atoms with Crippen LogP contribution in [0.25, 0.3) is 0 Å². The second kappa shape index (κ2) is 57.4. The number of hydrogen-bond donors (Lipinski definition) is 21. The Kier molecular flexibility index (Phi) is 50.0. The van der Waals surface area contributed by atoms with Gasteiger partial charge >= 0.3 is 23.9 Å². The van der Waals surface area contributed by atoms with Crippen molar-refractivity contribution in [3.63, 3.8) is 0 Å². The lowest BCUT2D eigenvalue weighted by atomic mass is 9.82. The van der Waals surface area contributed by atoms with Gasteiger partial charge in [0.2, 0.25) is 0 Å². The van der Waals surface area contributed by atoms with Gasteiger partial charge in [-0.3, -0.25) is 28.8 Å². The fourth-order valence-electron chi connectivity index (χ4n) is 15.8. The number of methoxy groups -OCH3 is 1. The molecule has 0 saturated carbocycles. The number of allylic oxidation sites excluding steroid dienone is 26. The number of ketones is 2. The number of carboxylic acids is 2. The van der Waals surface area contributed by atoms with Crippen LogP contribution >= 0.6 is 0 Å². The molecule has 36 atom stereocenters. The van der Waals surface area contributed by atoms with E-state index >= 15 is 0 Å². The number of aliphatic carboxylic acids is 2. The number of fused-ring (bicyclic) bond motifs is 4. The van der Waals surface area contributed by atoms with Crippen molar-refractivity contribution in [3.05, 3.63) is 170 Å². The molecule has 738 valence electrons. The third kappa shape index (κ3) is 39.0. The van der Waals surface area contributed by atoms with Gasteiger partial charge in [0.15, 0.2) is 24.2 Å². The van der Waals surface area contributed by atoms with Crippen LogP contribution in [-0.2, 0) is 71.4 Å². The van der Waals surface area contributed by atoms with E-state index in [1.807, 2.05) is 0 Å². The SMILES string of the molecule is CO[C@]12C[C@@H](O)C[C@@H](O)[C@H](O)CC[C@@H](O)C[C@@H](O)CC(=O)O[C@@H](C)[C@H](C)C(=O)[C@@H](C)/C=C/C=C/C=C/C=C/C=C/C=C/C=C/[C@H](O[C@@H]3O[C@H](C)[C@@H](O)[C@H](N)[C@@H]3O)C[C@H](O1)[C@H](C(=O)O)[C@@H](O)C2.C[C@@H]1OC(=O)C[C@H](O)C[C@H](O)CC[C@@H](O)[C@H](O)C[C@H](O)C[C@]2(O)C[C@H](O)[C@@H](C(=O)O)[C@H](C[C@@H](O[C@@H]3O[C@H](C)[C@@H](O)[C@H](N)[C@@H]3O)/C=C/C=C/C=C/C=C/C=C/C=C/C=C/[C@H](C)C(=O)[C@H]1C)O2. The molecule has 4 saturated heterocycles. The first kappa shape index (κ1) is 114. The number of carboxylic acid groups (broad SMARTS) is 2. The van der Waals surface area contributed by atoms with Gasteiger partial charge in [-0.1, -0.05) is 198 Å². The molecule has 36 heteroatoms. The van der Waals surface area contributed by atoms with Gasteiger partial charge in [-0.2, -0.15) is 0 Å². The van der Waals surface area contributed by atoms with Crippen LogP contribution in [0.15, 0.2) is 170 Å². The molecule has 0 amide bonds. The molecule has 0 spiro atoms. The third-order valence-corrected chi connectivity index (χ3v) is 23.9. The monoisotopic (exact) mass is 1860 g/mol. The molecule has 23 N–H and O–H groups in total. The van der Waals surface area contributed by atoms with Gasteiger partial charge in [0, 0.05) is 70.3 Å². The van der Waals surface area contributed by atoms with Crippen LogP contribution in [0.5, 0.6) is 0 Å². The summed E-state index contributed by atoms with van der Waals surface area (Å²) in [7, 11) is 1.24. The molecule has 0 aromatic carbocycles. The molecule has 6 aliphatic heterocycles. The number of rotatable bonds is 7. The average molecular weight is 1860 g/mol. The first-order valence-corrected chi connectivity index (χ1v) is 44.7. The average Bonchev–Trinajstić information content (AvgIpc) is 0.745. The quantitative estimate of drug-likeness (QED) is 0.163. The highest BCUT2D eigenvalue weighted by Crippen LogP contribution is 2.42. The Balaban J connectivity index is 0.000000464. The minimum atomic E-state index is -2.33. The summed E-state index contributed by atoms with van der Waals surface area (Å²) in [4.78, 5) is 76.3. The predicted octanol–water partition coefficient (Wildman–Crippen LogP) is 2.49. The van der Waals surface area contributed by atoms with Crippen molar-refractivity contribution < 1.29 is 168 Å². The van der Waals surface area contributed by atoms with E-state index < -0.39 is 287 Å². The molecule has 0 aromatic rings. The van der Waals surface area contributed by atoms with Crippen molar-refractivity contribution in [1.82, 2.24) is 0 Å². The molecule has 0 aromatic heterocycles. The van der Waals surface area contributed by atoms with Crippen molar-refractivity contribution in [2.45, 2.75) is 341 Å². The van der Waals surface area contributed by atoms with Crippen LogP contribution < -0.4 is 11.5 Å². The number of carbonyl (C=O) groups excluding carboxylic acids is 4. The van der Waals surface area contributed by atoms with E-state index in [2.05, 4.69) is 0 Å². The van der Waals surface area contributed by atoms with Crippen molar-refractivity contribution >= 4 is 35.4 Å². The van der Waals surface area contributed by atoms with E-state index in [0.717, 1.165) is 0 Å². The van der Waals surface area contributed by atoms with Gasteiger partial charge in [0.25, 0.3) is 0 Å². The largest absolute Gasteiger partial charge is 0.481 e. The number of ether oxygens (including phenoxy) is 9. The lowest BCUT2D eigenvalue weighted by Gasteiger charge is -2.47. The van der Waals surface area contributed by atoms with E-state index in [-0.39, 0.29) is 69.4 Å². The highest BCUT2D eigenvalue weighted by Gasteiger charge is 2.54. The minimum Gasteiger partial charge on any atom is -0.481 e. The van der Waals surface area contributed by atoms with Gasteiger partial charge in [-0.05, 0) is 66.2 Å². The Morgan fingerprint density at radius 2 is 0.679 bits per heavy atom. The van der Waals surface area contributed by atoms with Gasteiger partial charge in [-0.15, -0.1) is 0 Å². The number of hydrogen-bond acceptors (Lipinski definition) is 34. The summed E-state index contributed by atoms with van der Waals surface area (Å²) in [6.45, 7) is 13.0. The van der Waals surface area contributed by atoms with Crippen molar-refractivity contribution in [2.75, 3.05) is 7.11 Å². The molecule has 0 unspecified atom stereocenters. The van der Waals surface area contributed by atoms with Crippen LogP contribution in [0.1, 0.15) is 158 Å². The maximum absolute atomic E-state index is 13.0. The fraction of sp³-hybridized carbons (Fsp3) is 0.642. The number of aliphatic hydroxyl groups is 17. The van der Waals surface area contributed by atoms with Gasteiger partial charge < -0.3 is 151 Å². The Bertz CT molecular complexity index is 3930. The minimum absolute atomic E-state index is 0.0929. The van der Waals surface area contributed by atoms with E-state index in [1.165, 1.54) is 20.1 Å². The number of Topliss-reactive ketones (excluding diaryl/α,β-unsaturated/α-hetero) is 2. The maximum atomic E-state index is 13.0. The van der Waals surface area contributed by atoms with E-state index in [0.29, 0.717) is 0 Å². The highest BCUT2D eigenvalue weighted by molar-refractivity contribution is 5.86. The zero-order chi connectivity index (χ0) is 97.6. The smallest absolute Gasteiger partial charge is 0.311 e. The fourth-order valence-corrected chi connectivity index (χ4v) is 15.8. The zero-order valence-corrected chi connectivity index (χ0v) is 75.9. The maximum Gasteiger partial charge on any atom is 0.311 e. The molecule has 4 bridgehead atoms. The van der Waals surface area contributed by atoms with Gasteiger partial charge in [0.1, 0.15) is 47.8 Å². The zero-order valence-electron chi connectivity index (χ0n) is 75.9. The van der Waals surface area contributed by atoms with Crippen molar-refractivity contribution in [3.8, 4) is 0 Å². The standard InChI is InChI=1S/C48H73NO17.C47H71NO17/c1-28-18-16-14-12-10-8-6-7-9-11-13-15-17-19-35(65-47-45(59)42(49)44(58)31(4)64-47)25-39-41(46(60)61)38(55)27-48(62-5,66-39)26-34(52)23-37(54)36(53)21-20-32(50)22-33(51)24-40(56)63-30(3)29(2)43(28)57;1-27-17-15-13-11-9-7-5-6-8-10-12-14-16-18-34(64-46-44(58)41(48)43(57)30(4)63-46)24-38-40(45(59)60)37(54)26-47(61,65-38)25-33(51)22-36(53)35(52)20-19-31(49)21-32(50)23-39(55)62-29(3)28(2)42(27)56/h6-19,28-39,41-42,44-45,47,50-55,58-59H,20-27,49H2,1-5H3,(H,60,61);5-18,27-38,40-41,43-44,46,49-54,57-58,61H,19-26,48H2,1-4H3,(H,59,60)/b7-6+,10-8+,11-9+,14-12+,15-13+,18-16+,19-17+;6-5+,9-7+,10-8+,13-11+,14-12+,17-15+,18-16+/t28-,29-,30-,31+,32+,33+,34-,35-,36+,37+,38-,39-,41+,42-,44+,45-,47-,48+;27-,28-,29-,30+,31+,32+,33-,34-,35+,36+,37-,38-,40+,41-,43+,44-,46-,47+/m00/s1. The summed E-state index contributed by atoms with van der Waals surface area (Å²) in [5.74, 6) is -14.1. The topological polar surface area (TPSA) is 622 Å².